The maximum atomic E-state index is 13.0. The molecule has 1 amide bonds. The van der Waals surface area contributed by atoms with Crippen molar-refractivity contribution in [1.82, 2.24) is 4.90 Å². The largest absolute Gasteiger partial charge is 0.312 e. The van der Waals surface area contributed by atoms with Crippen LogP contribution >= 0.6 is 11.6 Å². The van der Waals surface area contributed by atoms with Gasteiger partial charge >= 0.3 is 0 Å². The molecular weight excluding hydrogens is 420 g/mol. The van der Waals surface area contributed by atoms with Crippen LogP contribution in [0.15, 0.2) is 36.4 Å². The van der Waals surface area contributed by atoms with E-state index < -0.39 is 0 Å². The van der Waals surface area contributed by atoms with E-state index in [4.69, 9.17) is 11.6 Å². The number of hydrogen-bond acceptors (Lipinski definition) is 3. The van der Waals surface area contributed by atoms with Crippen LogP contribution in [0.5, 0.6) is 0 Å². The van der Waals surface area contributed by atoms with E-state index in [2.05, 4.69) is 29.2 Å². The standard InChI is InChI=1S/C27H31ClN2O2/c28-24-5-1-19(2-6-24)9-13-29-14-10-20(11-15-29)3-7-25(31)23-17-21-4-8-26(32)30-16-12-22(18-23)27(21)30/h1-2,5-6,17-18,20H,3-4,7-16H2. The molecule has 5 heteroatoms. The van der Waals surface area contributed by atoms with E-state index in [1.807, 2.05) is 17.0 Å². The highest BCUT2D eigenvalue weighted by molar-refractivity contribution is 6.30. The van der Waals surface area contributed by atoms with Crippen LogP contribution in [0.3, 0.4) is 0 Å². The first kappa shape index (κ1) is 21.7. The molecule has 0 atom stereocenters. The van der Waals surface area contributed by atoms with Crippen molar-refractivity contribution >= 4 is 29.0 Å². The minimum atomic E-state index is 0.231. The monoisotopic (exact) mass is 450 g/mol. The van der Waals surface area contributed by atoms with Gasteiger partial charge in [-0.05, 0) is 98.5 Å². The lowest BCUT2D eigenvalue weighted by molar-refractivity contribution is -0.118. The zero-order chi connectivity index (χ0) is 22.1. The number of Topliss-reactive ketones (excluding diaryl/α,β-unsaturated/α-hetero) is 1. The number of benzene rings is 2. The molecule has 3 aliphatic heterocycles. The molecule has 1 saturated heterocycles. The van der Waals surface area contributed by atoms with E-state index in [1.165, 1.54) is 29.5 Å². The van der Waals surface area contributed by atoms with Crippen molar-refractivity contribution < 1.29 is 9.59 Å². The zero-order valence-electron chi connectivity index (χ0n) is 18.6. The number of hydrogen-bond donors (Lipinski definition) is 0. The van der Waals surface area contributed by atoms with Gasteiger partial charge in [-0.25, -0.2) is 0 Å². The number of piperidine rings is 1. The number of amides is 1. The first-order valence-electron chi connectivity index (χ1n) is 12.0. The Balaban J connectivity index is 1.10. The van der Waals surface area contributed by atoms with Gasteiger partial charge in [0.1, 0.15) is 0 Å². The van der Waals surface area contributed by atoms with E-state index in [0.29, 0.717) is 18.8 Å². The number of anilines is 1. The summed E-state index contributed by atoms with van der Waals surface area (Å²) in [6, 6.07) is 12.3. The number of carbonyl (C=O) groups excluding carboxylic acids is 2. The highest BCUT2D eigenvalue weighted by Gasteiger charge is 2.32. The van der Waals surface area contributed by atoms with Crippen LogP contribution in [0.25, 0.3) is 0 Å². The lowest BCUT2D eigenvalue weighted by Crippen LogP contribution is -2.35. The zero-order valence-corrected chi connectivity index (χ0v) is 19.4. The quantitative estimate of drug-likeness (QED) is 0.551. The summed E-state index contributed by atoms with van der Waals surface area (Å²) < 4.78 is 0. The molecule has 0 saturated carbocycles. The van der Waals surface area contributed by atoms with Crippen molar-refractivity contribution in [3.05, 3.63) is 63.7 Å². The Morgan fingerprint density at radius 1 is 0.969 bits per heavy atom. The van der Waals surface area contributed by atoms with Gasteiger partial charge in [-0.3, -0.25) is 9.59 Å². The Kier molecular flexibility index (Phi) is 6.34. The number of carbonyl (C=O) groups is 2. The van der Waals surface area contributed by atoms with Crippen LogP contribution in [-0.2, 0) is 24.1 Å². The maximum Gasteiger partial charge on any atom is 0.227 e. The number of likely N-dealkylation sites (tertiary alicyclic amines) is 1. The average molecular weight is 451 g/mol. The fraction of sp³-hybridized carbons (Fsp3) is 0.481. The fourth-order valence-corrected chi connectivity index (χ4v) is 5.66. The Morgan fingerprint density at radius 3 is 2.44 bits per heavy atom. The van der Waals surface area contributed by atoms with Crippen molar-refractivity contribution in [2.45, 2.75) is 51.4 Å². The Labute approximate surface area is 195 Å². The summed E-state index contributed by atoms with van der Waals surface area (Å²) in [5, 5.41) is 0.792. The maximum absolute atomic E-state index is 13.0. The third kappa shape index (κ3) is 4.62. The van der Waals surface area contributed by atoms with Crippen molar-refractivity contribution in [1.29, 1.82) is 0 Å². The molecule has 0 aliphatic carbocycles. The summed E-state index contributed by atoms with van der Waals surface area (Å²) in [7, 11) is 0. The molecule has 3 heterocycles. The minimum Gasteiger partial charge on any atom is -0.312 e. The second-order valence-corrected chi connectivity index (χ2v) is 10.00. The molecule has 0 aromatic heterocycles. The minimum absolute atomic E-state index is 0.231. The number of nitrogens with zero attached hydrogens (tertiary/aromatic N) is 2. The third-order valence-corrected chi connectivity index (χ3v) is 7.74. The van der Waals surface area contributed by atoms with Crippen LogP contribution in [0.2, 0.25) is 5.02 Å². The number of ketones is 1. The van der Waals surface area contributed by atoms with E-state index in [0.717, 1.165) is 68.1 Å². The van der Waals surface area contributed by atoms with Gasteiger partial charge in [0.2, 0.25) is 5.91 Å². The van der Waals surface area contributed by atoms with E-state index in [-0.39, 0.29) is 11.7 Å². The fourth-order valence-electron chi connectivity index (χ4n) is 5.54. The molecule has 0 spiro atoms. The highest BCUT2D eigenvalue weighted by Crippen LogP contribution is 2.38. The molecule has 32 heavy (non-hydrogen) atoms. The summed E-state index contributed by atoms with van der Waals surface area (Å²) in [6.07, 6.45) is 7.26. The van der Waals surface area contributed by atoms with Gasteiger partial charge in [0.15, 0.2) is 5.78 Å². The lowest BCUT2D eigenvalue weighted by Gasteiger charge is -2.32. The SMILES string of the molecule is O=C(CCC1CCN(CCc2ccc(Cl)cc2)CC1)c1cc2c3c(c1)CCN3C(=O)CC2. The van der Waals surface area contributed by atoms with Crippen LogP contribution in [-0.4, -0.2) is 42.8 Å². The summed E-state index contributed by atoms with van der Waals surface area (Å²) in [6.45, 7) is 4.11. The van der Waals surface area contributed by atoms with Gasteiger partial charge in [-0.1, -0.05) is 23.7 Å². The Bertz CT molecular complexity index is 1010. The van der Waals surface area contributed by atoms with Gasteiger partial charge in [0, 0.05) is 36.5 Å². The van der Waals surface area contributed by atoms with Crippen LogP contribution in [0.1, 0.15) is 59.2 Å². The van der Waals surface area contributed by atoms with E-state index in [9.17, 15) is 9.59 Å². The van der Waals surface area contributed by atoms with Crippen LogP contribution in [0, 0.1) is 5.92 Å². The second kappa shape index (κ2) is 9.36. The number of halogens is 1. The molecule has 3 aliphatic rings. The smallest absolute Gasteiger partial charge is 0.227 e. The van der Waals surface area contributed by atoms with Crippen molar-refractivity contribution in [2.24, 2.45) is 5.92 Å². The molecule has 2 aromatic carbocycles. The first-order chi connectivity index (χ1) is 15.6. The van der Waals surface area contributed by atoms with Gasteiger partial charge in [0.25, 0.3) is 0 Å². The molecule has 0 bridgehead atoms. The van der Waals surface area contributed by atoms with Gasteiger partial charge in [-0.2, -0.15) is 0 Å². The van der Waals surface area contributed by atoms with Gasteiger partial charge in [-0.15, -0.1) is 0 Å². The summed E-state index contributed by atoms with van der Waals surface area (Å²) in [5.74, 6) is 1.14. The lowest BCUT2D eigenvalue weighted by atomic mass is 9.89. The van der Waals surface area contributed by atoms with Crippen LogP contribution < -0.4 is 4.90 Å². The molecule has 0 unspecified atom stereocenters. The van der Waals surface area contributed by atoms with Gasteiger partial charge < -0.3 is 9.80 Å². The second-order valence-electron chi connectivity index (χ2n) is 9.56. The predicted octanol–water partition coefficient (Wildman–Crippen LogP) is 5.09. The normalized spacial score (nSPS) is 18.8. The average Bonchev–Trinajstić information content (AvgIpc) is 3.25. The molecular formula is C27H31ClN2O2. The molecule has 0 N–H and O–H groups in total. The van der Waals surface area contributed by atoms with E-state index >= 15 is 0 Å². The first-order valence-corrected chi connectivity index (χ1v) is 12.4. The molecule has 0 radical (unpaired) electrons. The third-order valence-electron chi connectivity index (χ3n) is 7.49. The van der Waals surface area contributed by atoms with Crippen molar-refractivity contribution in [3.63, 3.8) is 0 Å². The van der Waals surface area contributed by atoms with Crippen molar-refractivity contribution in [3.8, 4) is 0 Å². The molecule has 5 rings (SSSR count). The van der Waals surface area contributed by atoms with Crippen LogP contribution in [0.4, 0.5) is 5.69 Å². The summed E-state index contributed by atoms with van der Waals surface area (Å²) >= 11 is 5.97. The Morgan fingerprint density at radius 2 is 1.69 bits per heavy atom. The number of aryl methyl sites for hydroxylation is 1. The summed E-state index contributed by atoms with van der Waals surface area (Å²) in [4.78, 5) is 29.6. The van der Waals surface area contributed by atoms with E-state index in [1.54, 1.807) is 0 Å². The topological polar surface area (TPSA) is 40.6 Å². The molecule has 1 fully saturated rings. The van der Waals surface area contributed by atoms with Crippen molar-refractivity contribution in [2.75, 3.05) is 31.1 Å². The molecule has 4 nitrogen and oxygen atoms in total. The summed E-state index contributed by atoms with van der Waals surface area (Å²) in [5.41, 5.74) is 5.67. The highest BCUT2D eigenvalue weighted by atomic mass is 35.5. The Hall–Kier alpha value is -2.17. The predicted molar refractivity (Wildman–Crippen MR) is 129 cm³/mol. The van der Waals surface area contributed by atoms with Gasteiger partial charge in [0.05, 0.1) is 5.69 Å². The molecule has 168 valence electrons. The number of rotatable bonds is 7. The molecule has 2 aromatic rings.